The number of carbonyl (C=O) groups excluding carboxylic acids is 1. The van der Waals surface area contributed by atoms with Crippen molar-refractivity contribution in [3.8, 4) is 0 Å². The summed E-state index contributed by atoms with van der Waals surface area (Å²) < 4.78 is 6.94. The Hall–Kier alpha value is -3.59. The van der Waals surface area contributed by atoms with Gasteiger partial charge in [0.25, 0.3) is 0 Å². The molecule has 15 heteroatoms. The first kappa shape index (κ1) is 29.6. The van der Waals surface area contributed by atoms with Crippen LogP contribution >= 0.6 is 0 Å². The Kier molecular flexibility index (Phi) is 10.9. The Morgan fingerprint density at radius 3 is 2.05 bits per heavy atom. The van der Waals surface area contributed by atoms with Crippen LogP contribution in [0.15, 0.2) is 24.8 Å². The lowest BCUT2D eigenvalue weighted by Gasteiger charge is -2.33. The van der Waals surface area contributed by atoms with Crippen LogP contribution in [0, 0.1) is 20.2 Å². The molecule has 2 aromatic rings. The highest BCUT2D eigenvalue weighted by molar-refractivity contribution is 5.68. The van der Waals surface area contributed by atoms with E-state index in [-0.39, 0.29) is 29.6 Å². The minimum absolute atomic E-state index is 0.00926. The Bertz CT molecular complexity index is 979. The van der Waals surface area contributed by atoms with Gasteiger partial charge in [0.05, 0.1) is 28.2 Å². The van der Waals surface area contributed by atoms with E-state index >= 15 is 0 Å². The molecule has 4 heterocycles. The number of aromatic nitrogens is 4. The van der Waals surface area contributed by atoms with E-state index in [1.54, 1.807) is 9.58 Å². The topological polar surface area (TPSA) is 186 Å². The molecule has 4 rings (SSSR count). The van der Waals surface area contributed by atoms with Gasteiger partial charge in [-0.05, 0) is 53.5 Å². The molecule has 2 saturated heterocycles. The standard InChI is InChI=1S/C13H20N4O4.C6H13NO.C3H3N3O2/c1-13(2,3)21-12(18)15-6-4-10(5-7-15)16-9-11(8-14-16)17(19)20;1-7-4-2-6(8)3-5-7;7-6(8)3-1-4-5-2-3/h8-10H,4-7H2,1-3H3;6,8H,2-5H2,1H3;1-2H,(H,4,5). The van der Waals surface area contributed by atoms with Crippen molar-refractivity contribution in [2.75, 3.05) is 33.2 Å². The number of amides is 1. The molecule has 0 atom stereocenters. The molecule has 2 aliphatic rings. The van der Waals surface area contributed by atoms with Gasteiger partial charge in [-0.15, -0.1) is 0 Å². The van der Waals surface area contributed by atoms with Crippen LogP contribution in [0.3, 0.4) is 0 Å². The molecule has 1 amide bonds. The summed E-state index contributed by atoms with van der Waals surface area (Å²) in [6.45, 7) is 8.74. The lowest BCUT2D eigenvalue weighted by Crippen LogP contribution is -2.42. The fraction of sp³-hybridized carbons (Fsp3) is 0.682. The Labute approximate surface area is 214 Å². The third kappa shape index (κ3) is 10.5. The number of likely N-dealkylation sites (tertiary alicyclic amines) is 2. The van der Waals surface area contributed by atoms with E-state index in [2.05, 4.69) is 27.2 Å². The molecular formula is C22H36N8O7. The first-order valence-corrected chi connectivity index (χ1v) is 12.0. The molecule has 0 saturated carbocycles. The van der Waals surface area contributed by atoms with Gasteiger partial charge >= 0.3 is 17.5 Å². The maximum absolute atomic E-state index is 11.9. The van der Waals surface area contributed by atoms with Gasteiger partial charge in [-0.1, -0.05) is 0 Å². The number of nitrogens with one attached hydrogen (secondary N) is 1. The van der Waals surface area contributed by atoms with Crippen molar-refractivity contribution in [3.63, 3.8) is 0 Å². The molecular weight excluding hydrogens is 488 g/mol. The molecule has 206 valence electrons. The second-order valence-electron chi connectivity index (χ2n) is 9.88. The van der Waals surface area contributed by atoms with Crippen molar-refractivity contribution in [1.29, 1.82) is 0 Å². The molecule has 0 unspecified atom stereocenters. The highest BCUT2D eigenvalue weighted by atomic mass is 16.6. The number of aromatic amines is 1. The summed E-state index contributed by atoms with van der Waals surface area (Å²) >= 11 is 0. The van der Waals surface area contributed by atoms with Crippen molar-refractivity contribution >= 4 is 17.5 Å². The van der Waals surface area contributed by atoms with Gasteiger partial charge in [-0.3, -0.25) is 30.0 Å². The van der Waals surface area contributed by atoms with Crippen LogP contribution < -0.4 is 0 Å². The monoisotopic (exact) mass is 524 g/mol. The summed E-state index contributed by atoms with van der Waals surface area (Å²) in [5.74, 6) is 0. The van der Waals surface area contributed by atoms with Gasteiger partial charge in [-0.25, -0.2) is 4.79 Å². The van der Waals surface area contributed by atoms with E-state index < -0.39 is 15.4 Å². The van der Waals surface area contributed by atoms with E-state index in [4.69, 9.17) is 9.84 Å². The number of aliphatic hydroxyl groups is 1. The second-order valence-corrected chi connectivity index (χ2v) is 9.88. The quantitative estimate of drug-likeness (QED) is 0.446. The number of nitrogens with zero attached hydrogens (tertiary/aromatic N) is 7. The number of nitro groups is 2. The van der Waals surface area contributed by atoms with Crippen molar-refractivity contribution in [3.05, 3.63) is 45.0 Å². The summed E-state index contributed by atoms with van der Waals surface area (Å²) in [7, 11) is 2.09. The molecule has 0 radical (unpaired) electrons. The third-order valence-electron chi connectivity index (χ3n) is 5.67. The molecule has 0 aliphatic carbocycles. The van der Waals surface area contributed by atoms with Crippen LogP contribution in [-0.4, -0.2) is 95.8 Å². The third-order valence-corrected chi connectivity index (χ3v) is 5.67. The minimum Gasteiger partial charge on any atom is -0.444 e. The molecule has 0 aromatic carbocycles. The normalized spacial score (nSPS) is 17.2. The van der Waals surface area contributed by atoms with Crippen LogP contribution in [0.1, 0.15) is 52.5 Å². The largest absolute Gasteiger partial charge is 0.444 e. The van der Waals surface area contributed by atoms with E-state index in [1.165, 1.54) is 18.6 Å². The zero-order chi connectivity index (χ0) is 27.6. The lowest BCUT2D eigenvalue weighted by molar-refractivity contribution is -0.385. The predicted molar refractivity (Wildman–Crippen MR) is 133 cm³/mol. The molecule has 2 aromatic heterocycles. The SMILES string of the molecule is CC(C)(C)OC(=O)N1CCC(n2cc([N+](=O)[O-])cn2)CC1.CN1CCC(O)CC1.O=[N+]([O-])c1cn[nH]c1. The molecule has 2 aliphatic heterocycles. The summed E-state index contributed by atoms with van der Waals surface area (Å²) in [5.41, 5.74) is -0.522. The number of H-pyrrole nitrogens is 1. The highest BCUT2D eigenvalue weighted by Gasteiger charge is 2.28. The van der Waals surface area contributed by atoms with E-state index in [9.17, 15) is 25.0 Å². The van der Waals surface area contributed by atoms with Gasteiger partial charge in [0.2, 0.25) is 0 Å². The molecule has 2 fully saturated rings. The summed E-state index contributed by atoms with van der Waals surface area (Å²) in [6, 6.07) is 0.0809. The van der Waals surface area contributed by atoms with E-state index in [1.807, 2.05) is 20.8 Å². The lowest BCUT2D eigenvalue weighted by atomic mass is 10.1. The Morgan fingerprint density at radius 1 is 1.05 bits per heavy atom. The van der Waals surface area contributed by atoms with Gasteiger partial charge in [-0.2, -0.15) is 10.2 Å². The smallest absolute Gasteiger partial charge is 0.410 e. The number of hydrogen-bond donors (Lipinski definition) is 2. The van der Waals surface area contributed by atoms with Crippen molar-refractivity contribution in [2.45, 2.75) is 64.2 Å². The average molecular weight is 525 g/mol. The van der Waals surface area contributed by atoms with Crippen LogP contribution in [0.2, 0.25) is 0 Å². The van der Waals surface area contributed by atoms with Gasteiger partial charge in [0.15, 0.2) is 0 Å². The van der Waals surface area contributed by atoms with Crippen molar-refractivity contribution in [1.82, 2.24) is 29.8 Å². The first-order chi connectivity index (χ1) is 17.4. The van der Waals surface area contributed by atoms with Crippen LogP contribution in [0.5, 0.6) is 0 Å². The summed E-state index contributed by atoms with van der Waals surface area (Å²) in [4.78, 5) is 35.3. The van der Waals surface area contributed by atoms with E-state index in [0.717, 1.165) is 32.1 Å². The molecule has 0 spiro atoms. The maximum Gasteiger partial charge on any atom is 0.410 e. The predicted octanol–water partition coefficient (Wildman–Crippen LogP) is 2.75. The van der Waals surface area contributed by atoms with Gasteiger partial charge in [0.1, 0.15) is 24.2 Å². The number of carbonyl (C=O) groups is 1. The van der Waals surface area contributed by atoms with Crippen LogP contribution in [0.4, 0.5) is 16.2 Å². The number of rotatable bonds is 3. The second kappa shape index (κ2) is 13.6. The number of piperidine rings is 2. The number of aliphatic hydroxyl groups excluding tert-OH is 1. The van der Waals surface area contributed by atoms with Crippen molar-refractivity contribution < 1.29 is 24.5 Å². The average Bonchev–Trinajstić information content (AvgIpc) is 3.54. The van der Waals surface area contributed by atoms with Gasteiger partial charge < -0.3 is 19.6 Å². The Morgan fingerprint density at radius 2 is 1.65 bits per heavy atom. The molecule has 15 nitrogen and oxygen atoms in total. The number of ether oxygens (including phenoxy) is 1. The minimum atomic E-state index is -0.510. The zero-order valence-electron chi connectivity index (χ0n) is 21.6. The van der Waals surface area contributed by atoms with Crippen LogP contribution in [-0.2, 0) is 4.74 Å². The fourth-order valence-corrected chi connectivity index (χ4v) is 3.60. The molecule has 37 heavy (non-hydrogen) atoms. The summed E-state index contributed by atoms with van der Waals surface area (Å²) in [6.07, 6.45) is 8.05. The summed E-state index contributed by atoms with van der Waals surface area (Å²) in [5, 5.41) is 39.2. The van der Waals surface area contributed by atoms with Crippen molar-refractivity contribution in [2.24, 2.45) is 0 Å². The fourth-order valence-electron chi connectivity index (χ4n) is 3.60. The molecule has 2 N–H and O–H groups in total. The van der Waals surface area contributed by atoms with Crippen LogP contribution in [0.25, 0.3) is 0 Å². The number of hydrogen-bond acceptors (Lipinski definition) is 10. The Balaban J connectivity index is 0.000000244. The zero-order valence-corrected chi connectivity index (χ0v) is 21.6. The first-order valence-electron chi connectivity index (χ1n) is 12.0. The van der Waals surface area contributed by atoms with Gasteiger partial charge in [0, 0.05) is 26.2 Å². The maximum atomic E-state index is 11.9. The molecule has 0 bridgehead atoms. The highest BCUT2D eigenvalue weighted by Crippen LogP contribution is 2.24. The van der Waals surface area contributed by atoms with E-state index in [0.29, 0.717) is 25.9 Å².